The number of nitrogen functional groups attached to an aromatic ring is 1. The maximum absolute atomic E-state index is 11.5. The zero-order valence-electron chi connectivity index (χ0n) is 11.0. The van der Waals surface area contributed by atoms with Gasteiger partial charge in [-0.05, 0) is 12.3 Å². The summed E-state index contributed by atoms with van der Waals surface area (Å²) in [4.78, 5) is 12.3. The second-order valence-corrected chi connectivity index (χ2v) is 7.13. The van der Waals surface area contributed by atoms with Crippen LogP contribution >= 0.6 is 0 Å². The molecule has 2 aromatic heterocycles. The minimum absolute atomic E-state index is 0.0423. The fourth-order valence-corrected chi connectivity index (χ4v) is 4.39. The number of nitrogens with two attached hydrogens (primary N) is 1. The Labute approximate surface area is 115 Å². The van der Waals surface area contributed by atoms with E-state index in [2.05, 4.69) is 15.0 Å². The van der Waals surface area contributed by atoms with Gasteiger partial charge in [0.25, 0.3) is 0 Å². The summed E-state index contributed by atoms with van der Waals surface area (Å²) in [6.45, 7) is 0.488. The highest BCUT2D eigenvalue weighted by Gasteiger charge is 2.29. The molecule has 0 bridgehead atoms. The van der Waals surface area contributed by atoms with Gasteiger partial charge in [0.05, 0.1) is 18.6 Å². The Morgan fingerprint density at radius 1 is 1.50 bits per heavy atom. The maximum atomic E-state index is 11.5. The monoisotopic (exact) mass is 297 g/mol. The van der Waals surface area contributed by atoms with Gasteiger partial charge in [-0.25, -0.2) is 18.4 Å². The fraction of sp³-hybridized carbons (Fsp3) is 0.545. The molecule has 0 amide bonds. The third-order valence-electron chi connectivity index (χ3n) is 3.49. The minimum Gasteiger partial charge on any atom is -0.479 e. The standard InChI is InChI=1S/C11H15N5O3S/c1-19-10-8-9(13-6-14-10)16(11(12)15-8)4-7-2-3-20(17,18)5-7/h6-7H,2-5H2,1H3,(H2,12,15). The lowest BCUT2D eigenvalue weighted by Crippen LogP contribution is -2.14. The molecule has 9 heteroatoms. The third kappa shape index (κ3) is 2.17. The normalized spacial score (nSPS) is 21.4. The van der Waals surface area contributed by atoms with Gasteiger partial charge in [-0.2, -0.15) is 4.98 Å². The van der Waals surface area contributed by atoms with Crippen molar-refractivity contribution in [2.24, 2.45) is 5.92 Å². The van der Waals surface area contributed by atoms with Crippen LogP contribution < -0.4 is 10.5 Å². The SMILES string of the molecule is COc1ncnc2c1nc(N)n2CC1CCS(=O)(=O)C1. The second kappa shape index (κ2) is 4.58. The van der Waals surface area contributed by atoms with Crippen LogP contribution in [0, 0.1) is 5.92 Å². The molecule has 0 radical (unpaired) electrons. The van der Waals surface area contributed by atoms with E-state index in [1.807, 2.05) is 0 Å². The number of anilines is 1. The molecule has 2 aromatic rings. The summed E-state index contributed by atoms with van der Waals surface area (Å²) < 4.78 is 29.9. The van der Waals surface area contributed by atoms with Gasteiger partial charge >= 0.3 is 0 Å². The average molecular weight is 297 g/mol. The number of rotatable bonds is 3. The molecule has 108 valence electrons. The lowest BCUT2D eigenvalue weighted by atomic mass is 10.1. The van der Waals surface area contributed by atoms with Gasteiger partial charge in [0.2, 0.25) is 11.8 Å². The zero-order valence-corrected chi connectivity index (χ0v) is 11.8. The van der Waals surface area contributed by atoms with Crippen LogP contribution in [0.15, 0.2) is 6.33 Å². The fourth-order valence-electron chi connectivity index (χ4n) is 2.54. The van der Waals surface area contributed by atoms with E-state index in [-0.39, 0.29) is 17.4 Å². The number of imidazole rings is 1. The number of nitrogens with zero attached hydrogens (tertiary/aromatic N) is 4. The predicted octanol–water partition coefficient (Wildman–Crippen LogP) is -0.148. The van der Waals surface area contributed by atoms with Crippen molar-refractivity contribution in [1.82, 2.24) is 19.5 Å². The van der Waals surface area contributed by atoms with Crippen LogP contribution in [0.25, 0.3) is 11.2 Å². The Balaban J connectivity index is 1.98. The number of aromatic nitrogens is 4. The van der Waals surface area contributed by atoms with Gasteiger partial charge in [0.1, 0.15) is 6.33 Å². The molecule has 8 nitrogen and oxygen atoms in total. The van der Waals surface area contributed by atoms with Gasteiger partial charge in [0, 0.05) is 6.54 Å². The van der Waals surface area contributed by atoms with Crippen molar-refractivity contribution in [3.05, 3.63) is 6.33 Å². The van der Waals surface area contributed by atoms with Crippen molar-refractivity contribution in [2.75, 3.05) is 24.3 Å². The molecule has 1 unspecified atom stereocenters. The third-order valence-corrected chi connectivity index (χ3v) is 5.33. The minimum atomic E-state index is -2.91. The summed E-state index contributed by atoms with van der Waals surface area (Å²) >= 11 is 0. The Hall–Kier alpha value is -1.90. The van der Waals surface area contributed by atoms with Crippen LogP contribution in [0.5, 0.6) is 5.88 Å². The predicted molar refractivity (Wildman–Crippen MR) is 73.0 cm³/mol. The molecule has 20 heavy (non-hydrogen) atoms. The molecule has 1 saturated heterocycles. The summed E-state index contributed by atoms with van der Waals surface area (Å²) in [6, 6.07) is 0. The van der Waals surface area contributed by atoms with Crippen molar-refractivity contribution in [1.29, 1.82) is 0 Å². The van der Waals surface area contributed by atoms with Crippen molar-refractivity contribution in [2.45, 2.75) is 13.0 Å². The maximum Gasteiger partial charge on any atom is 0.245 e. The lowest BCUT2D eigenvalue weighted by Gasteiger charge is -2.10. The number of hydrogen-bond acceptors (Lipinski definition) is 7. The first-order chi connectivity index (χ1) is 9.50. The molecule has 1 atom stereocenters. The molecule has 1 fully saturated rings. The summed E-state index contributed by atoms with van der Waals surface area (Å²) in [7, 11) is -1.41. The first-order valence-electron chi connectivity index (χ1n) is 6.21. The van der Waals surface area contributed by atoms with Crippen LogP contribution in [0.4, 0.5) is 5.95 Å². The average Bonchev–Trinajstić information content (AvgIpc) is 2.90. The van der Waals surface area contributed by atoms with Crippen LogP contribution in [0.3, 0.4) is 0 Å². The van der Waals surface area contributed by atoms with Gasteiger partial charge in [-0.3, -0.25) is 4.57 Å². The van der Waals surface area contributed by atoms with Crippen molar-refractivity contribution in [3.63, 3.8) is 0 Å². The van der Waals surface area contributed by atoms with Crippen molar-refractivity contribution >= 4 is 26.9 Å². The van der Waals surface area contributed by atoms with Gasteiger partial charge in [-0.15, -0.1) is 0 Å². The number of sulfone groups is 1. The zero-order chi connectivity index (χ0) is 14.3. The molecule has 0 aromatic carbocycles. The largest absolute Gasteiger partial charge is 0.479 e. The lowest BCUT2D eigenvalue weighted by molar-refractivity contribution is 0.401. The van der Waals surface area contributed by atoms with Crippen LogP contribution in [0.1, 0.15) is 6.42 Å². The van der Waals surface area contributed by atoms with Crippen LogP contribution in [0.2, 0.25) is 0 Å². The van der Waals surface area contributed by atoms with E-state index in [0.29, 0.717) is 36.0 Å². The number of fused-ring (bicyclic) bond motifs is 1. The van der Waals surface area contributed by atoms with E-state index in [0.717, 1.165) is 0 Å². The molecular weight excluding hydrogens is 282 g/mol. The summed E-state index contributed by atoms with van der Waals surface area (Å²) in [5, 5.41) is 0. The first kappa shape index (κ1) is 13.1. The Kier molecular flexibility index (Phi) is 3.00. The molecule has 3 rings (SSSR count). The van der Waals surface area contributed by atoms with E-state index in [9.17, 15) is 8.42 Å². The molecule has 1 aliphatic rings. The van der Waals surface area contributed by atoms with Gasteiger partial charge in [0.15, 0.2) is 21.0 Å². The van der Waals surface area contributed by atoms with Crippen LogP contribution in [-0.2, 0) is 16.4 Å². The quantitative estimate of drug-likeness (QED) is 0.838. The highest BCUT2D eigenvalue weighted by atomic mass is 32.2. The Morgan fingerprint density at radius 2 is 2.30 bits per heavy atom. The van der Waals surface area contributed by atoms with Crippen molar-refractivity contribution in [3.8, 4) is 5.88 Å². The van der Waals surface area contributed by atoms with E-state index >= 15 is 0 Å². The van der Waals surface area contributed by atoms with Gasteiger partial charge in [-0.1, -0.05) is 0 Å². The van der Waals surface area contributed by atoms with E-state index in [1.54, 1.807) is 4.57 Å². The van der Waals surface area contributed by atoms with Crippen molar-refractivity contribution < 1.29 is 13.2 Å². The molecule has 0 saturated carbocycles. The summed E-state index contributed by atoms with van der Waals surface area (Å²) in [6.07, 6.45) is 2.02. The molecule has 1 aliphatic heterocycles. The highest BCUT2D eigenvalue weighted by Crippen LogP contribution is 2.26. The Bertz CT molecular complexity index is 755. The highest BCUT2D eigenvalue weighted by molar-refractivity contribution is 7.91. The number of hydrogen-bond donors (Lipinski definition) is 1. The smallest absolute Gasteiger partial charge is 0.245 e. The molecule has 3 heterocycles. The summed E-state index contributed by atoms with van der Waals surface area (Å²) in [5.74, 6) is 1.12. The second-order valence-electron chi connectivity index (χ2n) is 4.90. The van der Waals surface area contributed by atoms with E-state index in [1.165, 1.54) is 13.4 Å². The molecular formula is C11H15N5O3S. The molecule has 0 aliphatic carbocycles. The topological polar surface area (TPSA) is 113 Å². The van der Waals surface area contributed by atoms with Gasteiger partial charge < -0.3 is 10.5 Å². The Morgan fingerprint density at radius 3 is 2.95 bits per heavy atom. The first-order valence-corrected chi connectivity index (χ1v) is 8.03. The number of ether oxygens (including phenoxy) is 1. The molecule has 0 spiro atoms. The molecule has 2 N–H and O–H groups in total. The number of methoxy groups -OCH3 is 1. The van der Waals surface area contributed by atoms with E-state index in [4.69, 9.17) is 10.5 Å². The van der Waals surface area contributed by atoms with E-state index < -0.39 is 9.84 Å². The summed E-state index contributed by atoms with van der Waals surface area (Å²) in [5.41, 5.74) is 6.96. The van der Waals surface area contributed by atoms with Crippen LogP contribution in [-0.4, -0.2) is 46.6 Å².